The van der Waals surface area contributed by atoms with E-state index in [2.05, 4.69) is 15.6 Å². The lowest BCUT2D eigenvalue weighted by Gasteiger charge is -2.31. The van der Waals surface area contributed by atoms with E-state index in [1.807, 2.05) is 6.92 Å². The number of methoxy groups -OCH3 is 1. The maximum atomic E-state index is 15.3. The first-order valence-electron chi connectivity index (χ1n) is 16.0. The average molecular weight is 718 g/mol. The summed E-state index contributed by atoms with van der Waals surface area (Å²) in [6.07, 6.45) is 7.78. The van der Waals surface area contributed by atoms with Crippen LogP contribution < -0.4 is 15.4 Å². The first kappa shape index (κ1) is 36.5. The number of carbonyl (C=O) groups excluding carboxylic acids is 3. The molecule has 10 nitrogen and oxygen atoms in total. The molecule has 0 unspecified atom stereocenters. The molecule has 0 spiro atoms. The number of unbranched alkanes of at least 4 members (excludes halogenated alkanes) is 1. The fourth-order valence-corrected chi connectivity index (χ4v) is 7.32. The van der Waals surface area contributed by atoms with Gasteiger partial charge in [0, 0.05) is 41.2 Å². The maximum absolute atomic E-state index is 15.3. The number of aromatic nitrogens is 1. The predicted molar refractivity (Wildman–Crippen MR) is 175 cm³/mol. The van der Waals surface area contributed by atoms with Crippen molar-refractivity contribution < 1.29 is 49.8 Å². The van der Waals surface area contributed by atoms with E-state index in [0.29, 0.717) is 30.7 Å². The number of nitrogens with one attached hydrogen (secondary N) is 2. The zero-order chi connectivity index (χ0) is 36.2. The summed E-state index contributed by atoms with van der Waals surface area (Å²) < 4.78 is 88.8. The van der Waals surface area contributed by atoms with E-state index >= 15 is 4.39 Å². The molecule has 2 amide bonds. The van der Waals surface area contributed by atoms with Gasteiger partial charge in [0.1, 0.15) is 11.6 Å². The zero-order valence-corrected chi connectivity index (χ0v) is 27.9. The van der Waals surface area contributed by atoms with Crippen LogP contribution in [-0.2, 0) is 24.2 Å². The van der Waals surface area contributed by atoms with Gasteiger partial charge in [0.2, 0.25) is 5.91 Å². The molecule has 1 heterocycles. The molecule has 2 saturated carbocycles. The van der Waals surface area contributed by atoms with Crippen molar-refractivity contribution in [3.05, 3.63) is 77.9 Å². The van der Waals surface area contributed by atoms with Gasteiger partial charge in [-0.3, -0.25) is 14.6 Å². The van der Waals surface area contributed by atoms with Gasteiger partial charge < -0.3 is 20.1 Å². The Hall–Kier alpha value is -4.79. The standard InChI is InChI=1S/C35H35F4N3O7S/c1-3-4-14-49-30(43)13-12-23-11-10-22(19-40-23)26-17-27(29(48-2)18-28(26)36)33(44)42-32-21-9-8-20(15-21)31(32)34(45)41-24-6-5-7-25(16-24)50(46,47)35(37,38)39/h5-7,10-13,16-21,31-32H,3-4,8-9,14-15H2,1-2H3,(H,41,45)(H,42,44)/b13-12+/t20-,21+,31+,32-/m1/s1. The van der Waals surface area contributed by atoms with E-state index in [1.54, 1.807) is 12.1 Å². The van der Waals surface area contributed by atoms with Crippen LogP contribution in [0.15, 0.2) is 65.7 Å². The molecule has 0 aliphatic heterocycles. The van der Waals surface area contributed by atoms with Crippen LogP contribution >= 0.6 is 0 Å². The van der Waals surface area contributed by atoms with Gasteiger partial charge in [-0.1, -0.05) is 25.5 Å². The summed E-state index contributed by atoms with van der Waals surface area (Å²) in [5, 5.41) is 5.44. The van der Waals surface area contributed by atoms with Crippen LogP contribution in [-0.4, -0.2) is 56.5 Å². The highest BCUT2D eigenvalue weighted by molar-refractivity contribution is 7.92. The lowest BCUT2D eigenvalue weighted by molar-refractivity contribution is -0.137. The molecule has 2 fully saturated rings. The molecule has 2 N–H and O–H groups in total. The number of ether oxygens (including phenoxy) is 2. The largest absolute Gasteiger partial charge is 0.501 e. The third-order valence-corrected chi connectivity index (χ3v) is 10.5. The predicted octanol–water partition coefficient (Wildman–Crippen LogP) is 6.33. The van der Waals surface area contributed by atoms with Gasteiger partial charge in [-0.05, 0) is 73.9 Å². The number of carbonyl (C=O) groups is 3. The van der Waals surface area contributed by atoms with E-state index in [1.165, 1.54) is 37.6 Å². The second-order valence-electron chi connectivity index (χ2n) is 12.2. The summed E-state index contributed by atoms with van der Waals surface area (Å²) >= 11 is 0. The zero-order valence-electron chi connectivity index (χ0n) is 27.1. The van der Waals surface area contributed by atoms with Crippen molar-refractivity contribution in [1.82, 2.24) is 10.3 Å². The van der Waals surface area contributed by atoms with E-state index in [-0.39, 0.29) is 34.4 Å². The fraction of sp³-hybridized carbons (Fsp3) is 0.371. The van der Waals surface area contributed by atoms with E-state index in [9.17, 15) is 36.0 Å². The maximum Gasteiger partial charge on any atom is 0.501 e. The molecule has 2 bridgehead atoms. The van der Waals surface area contributed by atoms with Crippen LogP contribution in [0, 0.1) is 23.6 Å². The van der Waals surface area contributed by atoms with Crippen molar-refractivity contribution in [2.75, 3.05) is 19.0 Å². The summed E-state index contributed by atoms with van der Waals surface area (Å²) in [5.74, 6) is -3.43. The minimum absolute atomic E-state index is 0.00492. The Kier molecular flexibility index (Phi) is 10.9. The van der Waals surface area contributed by atoms with Crippen LogP contribution in [0.25, 0.3) is 17.2 Å². The number of rotatable bonds is 12. The molecule has 3 aromatic rings. The van der Waals surface area contributed by atoms with Crippen LogP contribution in [0.5, 0.6) is 5.75 Å². The van der Waals surface area contributed by atoms with Crippen molar-refractivity contribution in [1.29, 1.82) is 0 Å². The summed E-state index contributed by atoms with van der Waals surface area (Å²) in [6, 6.07) is 8.77. The van der Waals surface area contributed by atoms with Crippen molar-refractivity contribution in [3.8, 4) is 16.9 Å². The lowest BCUT2D eigenvalue weighted by atomic mass is 9.83. The minimum Gasteiger partial charge on any atom is -0.496 e. The number of hydrogen-bond acceptors (Lipinski definition) is 8. The van der Waals surface area contributed by atoms with Gasteiger partial charge in [-0.2, -0.15) is 13.2 Å². The summed E-state index contributed by atoms with van der Waals surface area (Å²) in [5.41, 5.74) is -4.85. The highest BCUT2D eigenvalue weighted by atomic mass is 32.2. The highest BCUT2D eigenvalue weighted by Crippen LogP contribution is 2.49. The monoisotopic (exact) mass is 717 g/mol. The second-order valence-corrected chi connectivity index (χ2v) is 14.1. The van der Waals surface area contributed by atoms with Crippen LogP contribution in [0.3, 0.4) is 0 Å². The van der Waals surface area contributed by atoms with Gasteiger partial charge in [0.15, 0.2) is 0 Å². The normalized spacial score (nSPS) is 20.1. The van der Waals surface area contributed by atoms with E-state index < -0.39 is 55.8 Å². The molecule has 266 valence electrons. The molecule has 2 aliphatic rings. The van der Waals surface area contributed by atoms with Crippen molar-refractivity contribution in [3.63, 3.8) is 0 Å². The Morgan fingerprint density at radius 1 is 1.06 bits per heavy atom. The Balaban J connectivity index is 1.33. The molecule has 2 aliphatic carbocycles. The number of sulfone groups is 1. The van der Waals surface area contributed by atoms with Crippen LogP contribution in [0.4, 0.5) is 23.2 Å². The molecular formula is C35H35F4N3O7S. The Bertz CT molecular complexity index is 1900. The van der Waals surface area contributed by atoms with Crippen molar-refractivity contribution >= 4 is 39.4 Å². The number of alkyl halides is 3. The number of nitrogens with zero attached hydrogens (tertiary/aromatic N) is 1. The number of benzene rings is 2. The van der Waals surface area contributed by atoms with Gasteiger partial charge in [0.05, 0.1) is 35.8 Å². The molecule has 0 saturated heterocycles. The molecule has 5 rings (SSSR count). The summed E-state index contributed by atoms with van der Waals surface area (Å²) in [7, 11) is -4.36. The quantitative estimate of drug-likeness (QED) is 0.0959. The Labute approximate surface area is 286 Å². The third-order valence-electron chi connectivity index (χ3n) is 9.00. The first-order valence-corrected chi connectivity index (χ1v) is 17.4. The lowest BCUT2D eigenvalue weighted by Crippen LogP contribution is -2.48. The SMILES string of the molecule is CCCCOC(=O)/C=C/c1ccc(-c2cc(C(=O)N[C@@H]3[C@H]4CC[C@H](C4)[C@@H]3C(=O)Nc3cccc(S(=O)(=O)C(F)(F)F)c3)c(OC)cc2F)cn1. The molecule has 1 aromatic heterocycles. The van der Waals surface area contributed by atoms with Crippen molar-refractivity contribution in [2.45, 2.75) is 55.5 Å². The number of pyridine rings is 1. The Morgan fingerprint density at radius 2 is 1.82 bits per heavy atom. The number of fused-ring (bicyclic) bond motifs is 2. The van der Waals surface area contributed by atoms with Gasteiger partial charge >= 0.3 is 11.5 Å². The average Bonchev–Trinajstić information content (AvgIpc) is 3.69. The minimum atomic E-state index is -5.64. The third kappa shape index (κ3) is 7.82. The first-order chi connectivity index (χ1) is 23.7. The number of amides is 2. The number of halogens is 4. The fourth-order valence-electron chi connectivity index (χ4n) is 6.51. The number of anilines is 1. The molecule has 15 heteroatoms. The second kappa shape index (κ2) is 15.0. The summed E-state index contributed by atoms with van der Waals surface area (Å²) in [4.78, 5) is 42.4. The molecular weight excluding hydrogens is 682 g/mol. The summed E-state index contributed by atoms with van der Waals surface area (Å²) in [6.45, 7) is 2.29. The van der Waals surface area contributed by atoms with E-state index in [4.69, 9.17) is 9.47 Å². The van der Waals surface area contributed by atoms with Crippen LogP contribution in [0.1, 0.15) is 55.1 Å². The smallest absolute Gasteiger partial charge is 0.496 e. The molecule has 2 aromatic carbocycles. The van der Waals surface area contributed by atoms with Gasteiger partial charge in [0.25, 0.3) is 15.7 Å². The highest BCUT2D eigenvalue weighted by Gasteiger charge is 2.52. The topological polar surface area (TPSA) is 141 Å². The van der Waals surface area contributed by atoms with Crippen LogP contribution in [0.2, 0.25) is 0 Å². The molecule has 0 radical (unpaired) electrons. The van der Waals surface area contributed by atoms with E-state index in [0.717, 1.165) is 43.5 Å². The Morgan fingerprint density at radius 3 is 2.50 bits per heavy atom. The number of hydrogen-bond donors (Lipinski definition) is 2. The van der Waals surface area contributed by atoms with Gasteiger partial charge in [-0.15, -0.1) is 0 Å². The molecule has 4 atom stereocenters. The number of esters is 1. The van der Waals surface area contributed by atoms with Crippen molar-refractivity contribution in [2.24, 2.45) is 17.8 Å². The molecule has 50 heavy (non-hydrogen) atoms. The van der Waals surface area contributed by atoms with Gasteiger partial charge in [-0.25, -0.2) is 17.6 Å².